The molecular formula is C16H22ClNO. The summed E-state index contributed by atoms with van der Waals surface area (Å²) in [6, 6.07) is 8.90. The van der Waals surface area contributed by atoms with E-state index in [0.29, 0.717) is 6.04 Å². The van der Waals surface area contributed by atoms with Crippen molar-refractivity contribution in [2.75, 3.05) is 19.7 Å². The minimum absolute atomic E-state index is 0. The minimum atomic E-state index is 0. The van der Waals surface area contributed by atoms with Crippen molar-refractivity contribution >= 4 is 18.0 Å². The number of halogens is 1. The minimum Gasteiger partial charge on any atom is -0.491 e. The van der Waals surface area contributed by atoms with Crippen LogP contribution in [-0.2, 0) is 0 Å². The molecule has 2 nitrogen and oxygen atoms in total. The highest BCUT2D eigenvalue weighted by molar-refractivity contribution is 5.85. The van der Waals surface area contributed by atoms with Gasteiger partial charge in [0.1, 0.15) is 12.4 Å². The van der Waals surface area contributed by atoms with E-state index < -0.39 is 0 Å². The maximum atomic E-state index is 5.92. The third-order valence-corrected chi connectivity index (χ3v) is 3.97. The Bertz CT molecular complexity index is 458. The van der Waals surface area contributed by atoms with Crippen molar-refractivity contribution in [3.8, 4) is 5.75 Å². The van der Waals surface area contributed by atoms with Gasteiger partial charge in [-0.25, -0.2) is 0 Å². The molecule has 0 radical (unpaired) electrons. The molecule has 2 aliphatic rings. The quantitative estimate of drug-likeness (QED) is 0.835. The van der Waals surface area contributed by atoms with Gasteiger partial charge in [-0.1, -0.05) is 37.6 Å². The van der Waals surface area contributed by atoms with E-state index in [0.717, 1.165) is 12.4 Å². The molecule has 1 aromatic carbocycles. The summed E-state index contributed by atoms with van der Waals surface area (Å²) in [6.45, 7) is 5.45. The van der Waals surface area contributed by atoms with Crippen LogP contribution in [0.1, 0.15) is 31.7 Å². The normalized spacial score (nSPS) is 21.5. The molecule has 0 aromatic heterocycles. The van der Waals surface area contributed by atoms with Gasteiger partial charge < -0.3 is 4.74 Å². The molecule has 2 aliphatic heterocycles. The third-order valence-electron chi connectivity index (χ3n) is 3.97. The Hall–Kier alpha value is -0.990. The number of para-hydroxylation sites is 1. The molecule has 2 heterocycles. The van der Waals surface area contributed by atoms with Gasteiger partial charge in [0.05, 0.1) is 6.04 Å². The van der Waals surface area contributed by atoms with Crippen LogP contribution in [0.15, 0.2) is 30.3 Å². The Kier molecular flexibility index (Phi) is 4.89. The topological polar surface area (TPSA) is 12.5 Å². The van der Waals surface area contributed by atoms with Gasteiger partial charge in [0.2, 0.25) is 0 Å². The number of rotatable bonds is 3. The van der Waals surface area contributed by atoms with Crippen molar-refractivity contribution in [3.63, 3.8) is 0 Å². The van der Waals surface area contributed by atoms with Crippen molar-refractivity contribution in [1.29, 1.82) is 0 Å². The van der Waals surface area contributed by atoms with Crippen LogP contribution in [0.3, 0.4) is 0 Å². The van der Waals surface area contributed by atoms with E-state index in [-0.39, 0.29) is 12.4 Å². The number of hydrogen-bond acceptors (Lipinski definition) is 2. The lowest BCUT2D eigenvalue weighted by Crippen LogP contribution is -2.45. The monoisotopic (exact) mass is 279 g/mol. The van der Waals surface area contributed by atoms with Gasteiger partial charge in [0.25, 0.3) is 0 Å². The highest BCUT2D eigenvalue weighted by atomic mass is 35.5. The average Bonchev–Trinajstić information content (AvgIpc) is 2.44. The van der Waals surface area contributed by atoms with Crippen LogP contribution in [0.5, 0.6) is 5.75 Å². The zero-order chi connectivity index (χ0) is 12.4. The molecule has 19 heavy (non-hydrogen) atoms. The second kappa shape index (κ2) is 6.44. The molecule has 1 unspecified atom stereocenters. The molecule has 1 aromatic rings. The Morgan fingerprint density at radius 1 is 1.32 bits per heavy atom. The smallest absolute Gasteiger partial charge is 0.126 e. The summed E-state index contributed by atoms with van der Waals surface area (Å²) in [5.74, 6) is 1.05. The van der Waals surface area contributed by atoms with Gasteiger partial charge >= 0.3 is 0 Å². The molecule has 0 N–H and O–H groups in total. The average molecular weight is 280 g/mol. The lowest BCUT2D eigenvalue weighted by molar-refractivity contribution is 0.155. The number of hydrogen-bond donors (Lipinski definition) is 0. The predicted molar refractivity (Wildman–Crippen MR) is 82.0 cm³/mol. The lowest BCUT2D eigenvalue weighted by Gasteiger charge is -2.39. The van der Waals surface area contributed by atoms with Crippen LogP contribution < -0.4 is 4.74 Å². The van der Waals surface area contributed by atoms with Gasteiger partial charge in [-0.2, -0.15) is 0 Å². The summed E-state index contributed by atoms with van der Waals surface area (Å²) in [6.07, 6.45) is 6.13. The van der Waals surface area contributed by atoms with Crippen LogP contribution in [0, 0.1) is 0 Å². The second-order valence-electron chi connectivity index (χ2n) is 5.16. The first-order valence-corrected chi connectivity index (χ1v) is 7.06. The Morgan fingerprint density at radius 2 is 2.16 bits per heavy atom. The largest absolute Gasteiger partial charge is 0.491 e. The summed E-state index contributed by atoms with van der Waals surface area (Å²) < 4.78 is 5.92. The van der Waals surface area contributed by atoms with Gasteiger partial charge in [0, 0.05) is 12.1 Å². The van der Waals surface area contributed by atoms with Crippen molar-refractivity contribution in [2.45, 2.75) is 32.2 Å². The summed E-state index contributed by atoms with van der Waals surface area (Å²) in [4.78, 5) is 2.59. The molecule has 3 heteroatoms. The molecular weight excluding hydrogens is 258 g/mol. The fraction of sp³-hybridized carbons (Fsp3) is 0.500. The van der Waals surface area contributed by atoms with Crippen LogP contribution in [-0.4, -0.2) is 30.6 Å². The first-order valence-electron chi connectivity index (χ1n) is 7.06. The molecule has 0 spiro atoms. The van der Waals surface area contributed by atoms with E-state index in [2.05, 4.69) is 42.2 Å². The van der Waals surface area contributed by atoms with E-state index in [4.69, 9.17) is 4.74 Å². The van der Waals surface area contributed by atoms with Crippen LogP contribution in [0.2, 0.25) is 0 Å². The molecule has 3 rings (SSSR count). The molecule has 0 saturated heterocycles. The highest BCUT2D eigenvalue weighted by Gasteiger charge is 2.31. The van der Waals surface area contributed by atoms with Gasteiger partial charge in [0.15, 0.2) is 0 Å². The molecule has 0 amide bonds. The summed E-state index contributed by atoms with van der Waals surface area (Å²) in [7, 11) is 0. The molecule has 1 atom stereocenters. The standard InChI is InChI=1S/C16H21NO.ClH/c1-2-3-10-17-11-6-8-13-14-7-4-5-9-16(14)18-12-15(13)17;/h4-5,7-9,15H,2-3,6,10-12H2,1H3;1H. The number of unbranched alkanes of at least 4 members (excludes halogenated alkanes) is 1. The molecule has 0 aliphatic carbocycles. The number of ether oxygens (including phenoxy) is 1. The van der Waals surface area contributed by atoms with E-state index >= 15 is 0 Å². The molecule has 0 bridgehead atoms. The lowest BCUT2D eigenvalue weighted by atomic mass is 9.91. The first-order chi connectivity index (χ1) is 8.90. The van der Waals surface area contributed by atoms with Crippen molar-refractivity contribution in [2.24, 2.45) is 0 Å². The van der Waals surface area contributed by atoms with Crippen molar-refractivity contribution in [1.82, 2.24) is 4.90 Å². The molecule has 104 valence electrons. The van der Waals surface area contributed by atoms with E-state index in [1.54, 1.807) is 0 Å². The third kappa shape index (κ3) is 2.80. The van der Waals surface area contributed by atoms with Crippen LogP contribution in [0.25, 0.3) is 5.57 Å². The maximum absolute atomic E-state index is 5.92. The van der Waals surface area contributed by atoms with Gasteiger partial charge in [-0.3, -0.25) is 4.90 Å². The highest BCUT2D eigenvalue weighted by Crippen LogP contribution is 2.37. The van der Waals surface area contributed by atoms with Crippen molar-refractivity contribution < 1.29 is 4.74 Å². The number of benzene rings is 1. The Labute approximate surface area is 121 Å². The zero-order valence-electron chi connectivity index (χ0n) is 11.5. The first kappa shape index (κ1) is 14.4. The van der Waals surface area contributed by atoms with Crippen LogP contribution >= 0.6 is 12.4 Å². The van der Waals surface area contributed by atoms with Gasteiger partial charge in [-0.15, -0.1) is 12.4 Å². The SMILES string of the molecule is CCCCN1CCC=C2c3ccccc3OCC21.Cl. The molecule has 0 fully saturated rings. The summed E-state index contributed by atoms with van der Waals surface area (Å²) in [5.41, 5.74) is 2.79. The van der Waals surface area contributed by atoms with Gasteiger partial charge in [-0.05, 0) is 31.0 Å². The van der Waals surface area contributed by atoms with E-state index in [1.165, 1.54) is 43.5 Å². The van der Waals surface area contributed by atoms with E-state index in [9.17, 15) is 0 Å². The number of nitrogens with zero attached hydrogens (tertiary/aromatic N) is 1. The maximum Gasteiger partial charge on any atom is 0.126 e. The zero-order valence-corrected chi connectivity index (χ0v) is 12.3. The number of fused-ring (bicyclic) bond motifs is 3. The predicted octanol–water partition coefficient (Wildman–Crippen LogP) is 3.76. The Morgan fingerprint density at radius 3 is 3.00 bits per heavy atom. The fourth-order valence-electron chi connectivity index (χ4n) is 2.99. The summed E-state index contributed by atoms with van der Waals surface area (Å²) >= 11 is 0. The molecule has 0 saturated carbocycles. The summed E-state index contributed by atoms with van der Waals surface area (Å²) in [5, 5.41) is 0. The Balaban J connectivity index is 0.00000133. The van der Waals surface area contributed by atoms with Crippen LogP contribution in [0.4, 0.5) is 0 Å². The second-order valence-corrected chi connectivity index (χ2v) is 5.16. The van der Waals surface area contributed by atoms with Crippen molar-refractivity contribution in [3.05, 3.63) is 35.9 Å². The van der Waals surface area contributed by atoms with E-state index in [1.807, 2.05) is 0 Å². The fourth-order valence-corrected chi connectivity index (χ4v) is 2.99.